The highest BCUT2D eigenvalue weighted by molar-refractivity contribution is 4.80. The van der Waals surface area contributed by atoms with E-state index in [1.54, 1.807) is 0 Å². The standard InChI is InChI=1S/C13H27N/c1-10(2)7-13-8-11(3)5-6-12(13)9-14-4/h10-14H,5-9H2,1-4H3. The van der Waals surface area contributed by atoms with Crippen LogP contribution in [-0.4, -0.2) is 13.6 Å². The molecule has 84 valence electrons. The van der Waals surface area contributed by atoms with E-state index in [-0.39, 0.29) is 0 Å². The first-order valence-electron chi connectivity index (χ1n) is 6.28. The van der Waals surface area contributed by atoms with Crippen LogP contribution in [0, 0.1) is 23.7 Å². The molecule has 3 atom stereocenters. The molecule has 1 fully saturated rings. The van der Waals surface area contributed by atoms with Crippen molar-refractivity contribution in [3.8, 4) is 0 Å². The molecule has 0 aromatic rings. The molecule has 14 heavy (non-hydrogen) atoms. The van der Waals surface area contributed by atoms with Crippen LogP contribution < -0.4 is 5.32 Å². The predicted octanol–water partition coefficient (Wildman–Crippen LogP) is 3.30. The van der Waals surface area contributed by atoms with Crippen LogP contribution in [0.4, 0.5) is 0 Å². The van der Waals surface area contributed by atoms with Crippen molar-refractivity contribution in [2.45, 2.75) is 46.5 Å². The zero-order valence-corrected chi connectivity index (χ0v) is 10.3. The quantitative estimate of drug-likeness (QED) is 0.729. The lowest BCUT2D eigenvalue weighted by Gasteiger charge is -2.36. The number of rotatable bonds is 4. The van der Waals surface area contributed by atoms with Gasteiger partial charge in [-0.2, -0.15) is 0 Å². The first-order chi connectivity index (χ1) is 6.63. The van der Waals surface area contributed by atoms with Gasteiger partial charge in [0.25, 0.3) is 0 Å². The SMILES string of the molecule is CNCC1CCC(C)CC1CC(C)C. The van der Waals surface area contributed by atoms with Crippen molar-refractivity contribution < 1.29 is 0 Å². The zero-order chi connectivity index (χ0) is 10.6. The fourth-order valence-electron chi connectivity index (χ4n) is 2.99. The van der Waals surface area contributed by atoms with E-state index in [0.29, 0.717) is 0 Å². The predicted molar refractivity (Wildman–Crippen MR) is 63.4 cm³/mol. The van der Waals surface area contributed by atoms with Gasteiger partial charge in [0.2, 0.25) is 0 Å². The van der Waals surface area contributed by atoms with Gasteiger partial charge in [-0.05, 0) is 56.5 Å². The van der Waals surface area contributed by atoms with Gasteiger partial charge in [0.15, 0.2) is 0 Å². The molecular weight excluding hydrogens is 170 g/mol. The summed E-state index contributed by atoms with van der Waals surface area (Å²) in [4.78, 5) is 0. The molecule has 0 saturated heterocycles. The van der Waals surface area contributed by atoms with Crippen molar-refractivity contribution in [2.75, 3.05) is 13.6 Å². The Kier molecular flexibility index (Phi) is 4.94. The second-order valence-corrected chi connectivity index (χ2v) is 5.63. The molecule has 1 nitrogen and oxygen atoms in total. The maximum Gasteiger partial charge on any atom is -0.00209 e. The molecule has 1 heteroatoms. The number of hydrogen-bond acceptors (Lipinski definition) is 1. The molecule has 0 amide bonds. The van der Waals surface area contributed by atoms with Crippen LogP contribution in [-0.2, 0) is 0 Å². The van der Waals surface area contributed by atoms with Crippen molar-refractivity contribution in [1.29, 1.82) is 0 Å². The largest absolute Gasteiger partial charge is 0.319 e. The Morgan fingerprint density at radius 1 is 1.21 bits per heavy atom. The van der Waals surface area contributed by atoms with Crippen LogP contribution in [0.25, 0.3) is 0 Å². The molecule has 0 spiro atoms. The Bertz CT molecular complexity index is 151. The Morgan fingerprint density at radius 2 is 1.93 bits per heavy atom. The molecule has 3 unspecified atom stereocenters. The second kappa shape index (κ2) is 5.75. The summed E-state index contributed by atoms with van der Waals surface area (Å²) >= 11 is 0. The van der Waals surface area contributed by atoms with E-state index in [4.69, 9.17) is 0 Å². The molecular formula is C13H27N. The van der Waals surface area contributed by atoms with Crippen LogP contribution in [0.5, 0.6) is 0 Å². The van der Waals surface area contributed by atoms with Crippen molar-refractivity contribution in [2.24, 2.45) is 23.7 Å². The van der Waals surface area contributed by atoms with E-state index in [0.717, 1.165) is 23.7 Å². The van der Waals surface area contributed by atoms with Gasteiger partial charge >= 0.3 is 0 Å². The minimum atomic E-state index is 0.865. The molecule has 0 heterocycles. The topological polar surface area (TPSA) is 12.0 Å². The molecule has 0 bridgehead atoms. The molecule has 1 N–H and O–H groups in total. The van der Waals surface area contributed by atoms with Gasteiger partial charge < -0.3 is 5.32 Å². The third-order valence-electron chi connectivity index (χ3n) is 3.64. The summed E-state index contributed by atoms with van der Waals surface area (Å²) in [6.45, 7) is 8.36. The summed E-state index contributed by atoms with van der Waals surface area (Å²) in [5, 5.41) is 3.36. The molecule has 1 rings (SSSR count). The number of hydrogen-bond donors (Lipinski definition) is 1. The zero-order valence-electron chi connectivity index (χ0n) is 10.3. The lowest BCUT2D eigenvalue weighted by atomic mass is 9.71. The first-order valence-corrected chi connectivity index (χ1v) is 6.28. The second-order valence-electron chi connectivity index (χ2n) is 5.63. The van der Waals surface area contributed by atoms with Crippen LogP contribution in [0.2, 0.25) is 0 Å². The maximum atomic E-state index is 3.36. The summed E-state index contributed by atoms with van der Waals surface area (Å²) in [5.74, 6) is 3.75. The van der Waals surface area contributed by atoms with Crippen molar-refractivity contribution in [3.05, 3.63) is 0 Å². The Morgan fingerprint density at radius 3 is 2.50 bits per heavy atom. The van der Waals surface area contributed by atoms with Gasteiger partial charge in [-0.15, -0.1) is 0 Å². The first kappa shape index (κ1) is 12.0. The van der Waals surface area contributed by atoms with Crippen LogP contribution >= 0.6 is 0 Å². The van der Waals surface area contributed by atoms with E-state index in [9.17, 15) is 0 Å². The summed E-state index contributed by atoms with van der Waals surface area (Å²) in [7, 11) is 2.09. The average Bonchev–Trinajstić information content (AvgIpc) is 2.09. The monoisotopic (exact) mass is 197 g/mol. The van der Waals surface area contributed by atoms with E-state index in [2.05, 4.69) is 33.1 Å². The highest BCUT2D eigenvalue weighted by Gasteiger charge is 2.28. The summed E-state index contributed by atoms with van der Waals surface area (Å²) in [6, 6.07) is 0. The van der Waals surface area contributed by atoms with Crippen molar-refractivity contribution in [1.82, 2.24) is 5.32 Å². The smallest absolute Gasteiger partial charge is 0.00209 e. The summed E-state index contributed by atoms with van der Waals surface area (Å²) in [5.41, 5.74) is 0. The van der Waals surface area contributed by atoms with E-state index in [1.165, 1.54) is 32.2 Å². The molecule has 1 saturated carbocycles. The molecule has 1 aliphatic carbocycles. The number of nitrogens with one attached hydrogen (secondary N) is 1. The molecule has 0 aromatic carbocycles. The third-order valence-corrected chi connectivity index (χ3v) is 3.64. The minimum absolute atomic E-state index is 0.865. The van der Waals surface area contributed by atoms with Crippen LogP contribution in [0.15, 0.2) is 0 Å². The van der Waals surface area contributed by atoms with E-state index in [1.807, 2.05) is 0 Å². The van der Waals surface area contributed by atoms with Gasteiger partial charge in [-0.3, -0.25) is 0 Å². The Balaban J connectivity index is 2.45. The normalized spacial score (nSPS) is 33.6. The fraction of sp³-hybridized carbons (Fsp3) is 1.00. The van der Waals surface area contributed by atoms with Crippen LogP contribution in [0.1, 0.15) is 46.5 Å². The highest BCUT2D eigenvalue weighted by atomic mass is 14.8. The lowest BCUT2D eigenvalue weighted by Crippen LogP contribution is -2.32. The maximum absolute atomic E-state index is 3.36. The minimum Gasteiger partial charge on any atom is -0.319 e. The van der Waals surface area contributed by atoms with Crippen molar-refractivity contribution in [3.63, 3.8) is 0 Å². The van der Waals surface area contributed by atoms with Gasteiger partial charge in [0.1, 0.15) is 0 Å². The van der Waals surface area contributed by atoms with Gasteiger partial charge in [-0.1, -0.05) is 27.2 Å². The Hall–Kier alpha value is -0.0400. The van der Waals surface area contributed by atoms with E-state index >= 15 is 0 Å². The fourth-order valence-corrected chi connectivity index (χ4v) is 2.99. The molecule has 0 aromatic heterocycles. The average molecular weight is 197 g/mol. The highest BCUT2D eigenvalue weighted by Crippen LogP contribution is 2.36. The Labute approximate surface area is 89.7 Å². The summed E-state index contributed by atoms with van der Waals surface area (Å²) < 4.78 is 0. The van der Waals surface area contributed by atoms with Crippen molar-refractivity contribution >= 4 is 0 Å². The molecule has 0 radical (unpaired) electrons. The lowest BCUT2D eigenvalue weighted by molar-refractivity contribution is 0.163. The summed E-state index contributed by atoms with van der Waals surface area (Å²) in [6.07, 6.45) is 5.78. The van der Waals surface area contributed by atoms with Gasteiger partial charge in [0.05, 0.1) is 0 Å². The third kappa shape index (κ3) is 3.61. The molecule has 0 aliphatic heterocycles. The van der Waals surface area contributed by atoms with Gasteiger partial charge in [0, 0.05) is 0 Å². The van der Waals surface area contributed by atoms with Crippen LogP contribution in [0.3, 0.4) is 0 Å². The molecule has 1 aliphatic rings. The van der Waals surface area contributed by atoms with Gasteiger partial charge in [-0.25, -0.2) is 0 Å². The van der Waals surface area contributed by atoms with E-state index < -0.39 is 0 Å².